The third-order valence-electron chi connectivity index (χ3n) is 5.08. The van der Waals surface area contributed by atoms with Crippen molar-refractivity contribution in [2.24, 2.45) is 0 Å². The second-order valence-corrected chi connectivity index (χ2v) is 9.34. The van der Waals surface area contributed by atoms with Crippen molar-refractivity contribution in [1.29, 1.82) is 0 Å². The molecule has 0 saturated heterocycles. The first kappa shape index (κ1) is 24.7. The lowest BCUT2D eigenvalue weighted by atomic mass is 10.3. The summed E-state index contributed by atoms with van der Waals surface area (Å²) in [6.45, 7) is 1.92. The monoisotopic (exact) mass is 506 g/mol. The van der Waals surface area contributed by atoms with Gasteiger partial charge in [-0.3, -0.25) is 9.36 Å². The largest absolute Gasteiger partial charge is 0.497 e. The van der Waals surface area contributed by atoms with Crippen LogP contribution in [0.5, 0.6) is 11.5 Å². The quantitative estimate of drug-likeness (QED) is 0.270. The van der Waals surface area contributed by atoms with Crippen LogP contribution in [0.3, 0.4) is 0 Å². The zero-order chi connectivity index (χ0) is 24.6. The zero-order valence-corrected chi connectivity index (χ0v) is 21.3. The zero-order valence-electron chi connectivity index (χ0n) is 19.7. The van der Waals surface area contributed by atoms with Gasteiger partial charge in [0.05, 0.1) is 12.9 Å². The van der Waals surface area contributed by atoms with Crippen LogP contribution in [0, 0.1) is 0 Å². The van der Waals surface area contributed by atoms with Crippen molar-refractivity contribution in [2.45, 2.75) is 23.1 Å². The number of nitrogens with zero attached hydrogens (tertiary/aromatic N) is 3. The number of hydrogen-bond donors (Lipinski definition) is 1. The molecule has 0 fully saturated rings. The molecule has 1 aromatic heterocycles. The summed E-state index contributed by atoms with van der Waals surface area (Å²) in [6, 6.07) is 25.0. The highest BCUT2D eigenvalue weighted by atomic mass is 32.2. The van der Waals surface area contributed by atoms with Crippen molar-refractivity contribution < 1.29 is 14.3 Å². The number of thioether (sulfide) groups is 2. The Morgan fingerprint density at radius 1 is 1.00 bits per heavy atom. The number of para-hydroxylation sites is 1. The molecule has 7 nitrogen and oxygen atoms in total. The smallest absolute Gasteiger partial charge is 0.234 e. The molecule has 0 aliphatic heterocycles. The van der Waals surface area contributed by atoms with Gasteiger partial charge in [-0.1, -0.05) is 42.1 Å². The van der Waals surface area contributed by atoms with Crippen LogP contribution in [0.25, 0.3) is 5.69 Å². The van der Waals surface area contributed by atoms with Crippen LogP contribution in [0.1, 0.15) is 18.9 Å². The number of methoxy groups -OCH3 is 1. The average molecular weight is 507 g/mol. The van der Waals surface area contributed by atoms with E-state index in [1.54, 1.807) is 18.9 Å². The van der Waals surface area contributed by atoms with Gasteiger partial charge in [0, 0.05) is 22.3 Å². The van der Waals surface area contributed by atoms with Gasteiger partial charge in [0.1, 0.15) is 11.5 Å². The molecule has 35 heavy (non-hydrogen) atoms. The fourth-order valence-electron chi connectivity index (χ4n) is 3.42. The summed E-state index contributed by atoms with van der Waals surface area (Å²) < 4.78 is 13.4. The first-order valence-corrected chi connectivity index (χ1v) is 13.2. The predicted molar refractivity (Wildman–Crippen MR) is 141 cm³/mol. The van der Waals surface area contributed by atoms with Gasteiger partial charge in [0.2, 0.25) is 5.91 Å². The molecule has 0 spiro atoms. The molecule has 0 aliphatic rings. The van der Waals surface area contributed by atoms with Gasteiger partial charge in [-0.05, 0) is 55.6 Å². The molecule has 4 aromatic rings. The van der Waals surface area contributed by atoms with E-state index in [1.165, 1.54) is 11.8 Å². The third kappa shape index (κ3) is 6.37. The van der Waals surface area contributed by atoms with Gasteiger partial charge in [0.25, 0.3) is 0 Å². The fourth-order valence-corrected chi connectivity index (χ4v) is 4.64. The van der Waals surface area contributed by atoms with E-state index >= 15 is 0 Å². The second kappa shape index (κ2) is 11.8. The summed E-state index contributed by atoms with van der Waals surface area (Å²) in [4.78, 5) is 13.7. The SMILES string of the molecule is COc1cccc(OC(C)c2nnc(SCC(=O)Nc3cccc(SC)c3)n2-c2ccccc2)c1. The number of anilines is 1. The Hall–Kier alpha value is -3.43. The Morgan fingerprint density at radius 3 is 2.54 bits per heavy atom. The Bertz CT molecular complexity index is 1280. The van der Waals surface area contributed by atoms with Gasteiger partial charge in [-0.25, -0.2) is 0 Å². The summed E-state index contributed by atoms with van der Waals surface area (Å²) in [5, 5.41) is 12.4. The Labute approximate surface area is 213 Å². The lowest BCUT2D eigenvalue weighted by Gasteiger charge is -2.17. The number of aromatic nitrogens is 3. The van der Waals surface area contributed by atoms with Crippen molar-refractivity contribution in [3.63, 3.8) is 0 Å². The standard InChI is InChI=1S/C26H26N4O3S2/c1-18(33-22-13-8-12-21(16-22)32-2)25-28-29-26(30(25)20-10-5-4-6-11-20)35-17-24(31)27-19-9-7-14-23(15-19)34-3/h4-16,18H,17H2,1-3H3,(H,27,31). The summed E-state index contributed by atoms with van der Waals surface area (Å²) in [5.74, 6) is 2.09. The highest BCUT2D eigenvalue weighted by molar-refractivity contribution is 7.99. The lowest BCUT2D eigenvalue weighted by molar-refractivity contribution is -0.113. The van der Waals surface area contributed by atoms with Crippen molar-refractivity contribution in [3.8, 4) is 17.2 Å². The molecule has 0 saturated carbocycles. The van der Waals surface area contributed by atoms with Crippen LogP contribution < -0.4 is 14.8 Å². The first-order chi connectivity index (χ1) is 17.1. The van der Waals surface area contributed by atoms with E-state index in [4.69, 9.17) is 9.47 Å². The van der Waals surface area contributed by atoms with E-state index in [9.17, 15) is 4.79 Å². The molecule has 1 amide bonds. The second-order valence-electron chi connectivity index (χ2n) is 7.52. The maximum Gasteiger partial charge on any atom is 0.234 e. The number of carbonyl (C=O) groups excluding carboxylic acids is 1. The lowest BCUT2D eigenvalue weighted by Crippen LogP contribution is -2.15. The van der Waals surface area contributed by atoms with Crippen LogP contribution in [0.2, 0.25) is 0 Å². The molecule has 180 valence electrons. The number of rotatable bonds is 10. The molecule has 3 aromatic carbocycles. The van der Waals surface area contributed by atoms with E-state index in [0.29, 0.717) is 22.5 Å². The Balaban J connectivity index is 1.53. The van der Waals surface area contributed by atoms with Gasteiger partial charge in [-0.2, -0.15) is 0 Å². The molecule has 1 atom stereocenters. The van der Waals surface area contributed by atoms with Crippen molar-refractivity contribution >= 4 is 35.1 Å². The van der Waals surface area contributed by atoms with E-state index in [0.717, 1.165) is 16.3 Å². The van der Waals surface area contributed by atoms with Crippen LogP contribution in [-0.2, 0) is 4.79 Å². The highest BCUT2D eigenvalue weighted by Crippen LogP contribution is 2.29. The predicted octanol–water partition coefficient (Wildman–Crippen LogP) is 5.87. The Morgan fingerprint density at radius 2 is 1.77 bits per heavy atom. The topological polar surface area (TPSA) is 78.3 Å². The van der Waals surface area contributed by atoms with Crippen molar-refractivity contribution in [2.75, 3.05) is 24.4 Å². The number of benzene rings is 3. The minimum absolute atomic E-state index is 0.113. The maximum absolute atomic E-state index is 12.6. The van der Waals surface area contributed by atoms with Crippen molar-refractivity contribution in [1.82, 2.24) is 14.8 Å². The van der Waals surface area contributed by atoms with Crippen LogP contribution in [0.15, 0.2) is 88.9 Å². The number of carbonyl (C=O) groups is 1. The summed E-state index contributed by atoms with van der Waals surface area (Å²) in [7, 11) is 1.62. The molecular weight excluding hydrogens is 480 g/mol. The molecule has 4 rings (SSSR count). The fraction of sp³-hybridized carbons (Fsp3) is 0.192. The van der Waals surface area contributed by atoms with Crippen LogP contribution in [0.4, 0.5) is 5.69 Å². The third-order valence-corrected chi connectivity index (χ3v) is 6.73. The van der Waals surface area contributed by atoms with Crippen LogP contribution in [-0.4, -0.2) is 39.8 Å². The summed E-state index contributed by atoms with van der Waals surface area (Å²) >= 11 is 2.96. The number of nitrogens with one attached hydrogen (secondary N) is 1. The maximum atomic E-state index is 12.6. The summed E-state index contributed by atoms with van der Waals surface area (Å²) in [6.07, 6.45) is 1.61. The molecular formula is C26H26N4O3S2. The normalized spacial score (nSPS) is 11.6. The number of amides is 1. The van der Waals surface area contributed by atoms with Gasteiger partial charge >= 0.3 is 0 Å². The molecule has 1 unspecified atom stereocenters. The van der Waals surface area contributed by atoms with Gasteiger partial charge in [0.15, 0.2) is 17.1 Å². The van der Waals surface area contributed by atoms with Gasteiger partial charge in [-0.15, -0.1) is 22.0 Å². The molecule has 1 heterocycles. The van der Waals surface area contributed by atoms with Crippen LogP contribution >= 0.6 is 23.5 Å². The molecule has 9 heteroatoms. The molecule has 0 aliphatic carbocycles. The van der Waals surface area contributed by atoms with E-state index < -0.39 is 6.10 Å². The van der Waals surface area contributed by atoms with Gasteiger partial charge < -0.3 is 14.8 Å². The van der Waals surface area contributed by atoms with Crippen molar-refractivity contribution in [3.05, 3.63) is 84.7 Å². The van der Waals surface area contributed by atoms with E-state index in [-0.39, 0.29) is 11.7 Å². The van der Waals surface area contributed by atoms with E-state index in [2.05, 4.69) is 15.5 Å². The average Bonchev–Trinajstić information content (AvgIpc) is 3.32. The molecule has 0 bridgehead atoms. The number of hydrogen-bond acceptors (Lipinski definition) is 7. The Kier molecular flexibility index (Phi) is 8.33. The number of ether oxygens (including phenoxy) is 2. The molecule has 0 radical (unpaired) electrons. The summed E-state index contributed by atoms with van der Waals surface area (Å²) in [5.41, 5.74) is 1.66. The minimum atomic E-state index is -0.396. The first-order valence-electron chi connectivity index (χ1n) is 11.0. The molecule has 1 N–H and O–H groups in total. The van der Waals surface area contributed by atoms with E-state index in [1.807, 2.05) is 96.6 Å². The minimum Gasteiger partial charge on any atom is -0.497 e. The highest BCUT2D eigenvalue weighted by Gasteiger charge is 2.22.